The van der Waals surface area contributed by atoms with Crippen LogP contribution in [0.1, 0.15) is 136 Å². The molecule has 0 bridgehead atoms. The summed E-state index contributed by atoms with van der Waals surface area (Å²) in [7, 11) is 0. The Labute approximate surface area is 168 Å². The van der Waals surface area contributed by atoms with Gasteiger partial charge in [-0.15, -0.1) is 0 Å². The number of carboxylic acid groups (broad SMARTS) is 2. The summed E-state index contributed by atoms with van der Waals surface area (Å²) in [5, 5.41) is 16.6. The van der Waals surface area contributed by atoms with Crippen molar-refractivity contribution in [1.82, 2.24) is 0 Å². The number of carbonyl (C=O) groups is 2. The Hall–Kier alpha value is -1.06. The molecule has 4 heteroatoms. The van der Waals surface area contributed by atoms with Gasteiger partial charge in [0.25, 0.3) is 0 Å². The molecule has 0 saturated heterocycles. The molecule has 0 fully saturated rings. The number of hydrogen-bond acceptors (Lipinski definition) is 2. The summed E-state index contributed by atoms with van der Waals surface area (Å²) in [5.74, 6) is -1.35. The largest absolute Gasteiger partial charge is 0.481 e. The SMILES string of the molecule is CCCCC(=O)O.CCCCCCCCCCCCCCCCCC(=O)O. The standard InChI is InChI=1S/C18H36O2.C5H10O2/c1-2-3-4-5-6-7-8-9-10-11-12-13-14-15-16-17-18(19)20;1-2-3-4-5(6)7/h2-17H2,1H3,(H,19,20);2-4H2,1H3,(H,6,7). The van der Waals surface area contributed by atoms with Crippen LogP contribution in [-0.2, 0) is 9.59 Å². The second-order valence-electron chi connectivity index (χ2n) is 7.59. The van der Waals surface area contributed by atoms with Gasteiger partial charge in [0, 0.05) is 12.8 Å². The summed E-state index contributed by atoms with van der Waals surface area (Å²) in [6.07, 6.45) is 22.3. The third kappa shape index (κ3) is 33.0. The van der Waals surface area contributed by atoms with Gasteiger partial charge in [0.15, 0.2) is 0 Å². The average Bonchev–Trinajstić information content (AvgIpc) is 2.63. The Kier molecular flexibility index (Phi) is 26.0. The average molecular weight is 387 g/mol. The Morgan fingerprint density at radius 2 is 0.704 bits per heavy atom. The van der Waals surface area contributed by atoms with E-state index in [1.165, 1.54) is 83.5 Å². The van der Waals surface area contributed by atoms with Crippen molar-refractivity contribution >= 4 is 11.9 Å². The van der Waals surface area contributed by atoms with Crippen molar-refractivity contribution in [1.29, 1.82) is 0 Å². The third-order valence-electron chi connectivity index (χ3n) is 4.74. The molecule has 0 aliphatic rings. The maximum absolute atomic E-state index is 10.3. The van der Waals surface area contributed by atoms with E-state index in [1.54, 1.807) is 0 Å². The molecule has 0 aromatic carbocycles. The molecule has 0 radical (unpaired) electrons. The van der Waals surface area contributed by atoms with Crippen LogP contribution in [-0.4, -0.2) is 22.2 Å². The lowest BCUT2D eigenvalue weighted by atomic mass is 10.0. The normalized spacial score (nSPS) is 10.3. The number of aliphatic carboxylic acids is 2. The molecule has 0 rings (SSSR count). The fourth-order valence-electron chi connectivity index (χ4n) is 2.98. The van der Waals surface area contributed by atoms with Crippen LogP contribution in [0.5, 0.6) is 0 Å². The van der Waals surface area contributed by atoms with Gasteiger partial charge in [0.05, 0.1) is 0 Å². The van der Waals surface area contributed by atoms with Gasteiger partial charge in [-0.2, -0.15) is 0 Å². The zero-order valence-electron chi connectivity index (χ0n) is 18.1. The number of hydrogen-bond donors (Lipinski definition) is 2. The molecule has 0 atom stereocenters. The Bertz CT molecular complexity index is 316. The van der Waals surface area contributed by atoms with Gasteiger partial charge in [-0.05, 0) is 12.8 Å². The fraction of sp³-hybridized carbons (Fsp3) is 0.913. The van der Waals surface area contributed by atoms with Crippen molar-refractivity contribution in [2.24, 2.45) is 0 Å². The Balaban J connectivity index is 0. The van der Waals surface area contributed by atoms with Gasteiger partial charge in [-0.1, -0.05) is 110 Å². The van der Waals surface area contributed by atoms with E-state index in [4.69, 9.17) is 10.2 Å². The highest BCUT2D eigenvalue weighted by Crippen LogP contribution is 2.13. The summed E-state index contributed by atoms with van der Waals surface area (Å²) in [6, 6.07) is 0. The molecule has 0 aliphatic carbocycles. The molecule has 0 aliphatic heterocycles. The van der Waals surface area contributed by atoms with E-state index in [1.807, 2.05) is 6.92 Å². The van der Waals surface area contributed by atoms with Crippen LogP contribution in [0.4, 0.5) is 0 Å². The summed E-state index contributed by atoms with van der Waals surface area (Å²) >= 11 is 0. The third-order valence-corrected chi connectivity index (χ3v) is 4.74. The number of carboxylic acids is 2. The molecule has 0 saturated carbocycles. The van der Waals surface area contributed by atoms with Crippen molar-refractivity contribution in [2.75, 3.05) is 0 Å². The zero-order chi connectivity index (χ0) is 20.6. The van der Waals surface area contributed by atoms with Crippen molar-refractivity contribution in [3.05, 3.63) is 0 Å². The highest BCUT2D eigenvalue weighted by atomic mass is 16.4. The van der Waals surface area contributed by atoms with Crippen LogP contribution < -0.4 is 0 Å². The topological polar surface area (TPSA) is 74.6 Å². The van der Waals surface area contributed by atoms with Gasteiger partial charge in [-0.25, -0.2) is 0 Å². The second-order valence-corrected chi connectivity index (χ2v) is 7.59. The molecule has 0 amide bonds. The predicted molar refractivity (Wildman–Crippen MR) is 114 cm³/mol. The van der Waals surface area contributed by atoms with Crippen LogP contribution in [0, 0.1) is 0 Å². The van der Waals surface area contributed by atoms with E-state index in [9.17, 15) is 9.59 Å². The minimum atomic E-state index is -0.693. The van der Waals surface area contributed by atoms with Crippen molar-refractivity contribution in [3.63, 3.8) is 0 Å². The molecule has 2 N–H and O–H groups in total. The predicted octanol–water partition coefficient (Wildman–Crippen LogP) is 7.59. The first-order valence-electron chi connectivity index (χ1n) is 11.5. The van der Waals surface area contributed by atoms with Crippen LogP contribution in [0.25, 0.3) is 0 Å². The molecule has 162 valence electrons. The molecular weight excluding hydrogens is 340 g/mol. The van der Waals surface area contributed by atoms with Crippen LogP contribution >= 0.6 is 0 Å². The summed E-state index contributed by atoms with van der Waals surface area (Å²) < 4.78 is 0. The van der Waals surface area contributed by atoms with Gasteiger partial charge >= 0.3 is 11.9 Å². The van der Waals surface area contributed by atoms with E-state index in [0.29, 0.717) is 12.8 Å². The summed E-state index contributed by atoms with van der Waals surface area (Å²) in [5.41, 5.74) is 0. The molecule has 0 spiro atoms. The highest BCUT2D eigenvalue weighted by molar-refractivity contribution is 5.66. The first kappa shape index (κ1) is 28.2. The molecule has 27 heavy (non-hydrogen) atoms. The van der Waals surface area contributed by atoms with E-state index >= 15 is 0 Å². The maximum atomic E-state index is 10.3. The van der Waals surface area contributed by atoms with E-state index in [-0.39, 0.29) is 0 Å². The van der Waals surface area contributed by atoms with Crippen molar-refractivity contribution in [2.45, 2.75) is 136 Å². The lowest BCUT2D eigenvalue weighted by molar-refractivity contribution is -0.138. The second kappa shape index (κ2) is 24.9. The molecular formula is C23H46O4. The molecule has 0 aromatic rings. The summed E-state index contributed by atoms with van der Waals surface area (Å²) in [4.78, 5) is 20.1. The van der Waals surface area contributed by atoms with Gasteiger partial charge in [0.2, 0.25) is 0 Å². The summed E-state index contributed by atoms with van der Waals surface area (Å²) in [6.45, 7) is 4.25. The van der Waals surface area contributed by atoms with E-state index in [2.05, 4.69) is 6.92 Å². The monoisotopic (exact) mass is 386 g/mol. The lowest BCUT2D eigenvalue weighted by Gasteiger charge is -2.03. The maximum Gasteiger partial charge on any atom is 0.303 e. The molecule has 0 heterocycles. The molecule has 0 aromatic heterocycles. The van der Waals surface area contributed by atoms with Gasteiger partial charge < -0.3 is 10.2 Å². The van der Waals surface area contributed by atoms with Crippen molar-refractivity contribution in [3.8, 4) is 0 Å². The van der Waals surface area contributed by atoms with Crippen molar-refractivity contribution < 1.29 is 19.8 Å². The first-order chi connectivity index (χ1) is 13.0. The minimum Gasteiger partial charge on any atom is -0.481 e. The van der Waals surface area contributed by atoms with Gasteiger partial charge in [0.1, 0.15) is 0 Å². The fourth-order valence-corrected chi connectivity index (χ4v) is 2.98. The first-order valence-corrected chi connectivity index (χ1v) is 11.5. The number of rotatable bonds is 19. The Morgan fingerprint density at radius 3 is 0.963 bits per heavy atom. The van der Waals surface area contributed by atoms with E-state index in [0.717, 1.165) is 25.7 Å². The highest BCUT2D eigenvalue weighted by Gasteiger charge is 1.97. The van der Waals surface area contributed by atoms with Crippen LogP contribution in [0.3, 0.4) is 0 Å². The van der Waals surface area contributed by atoms with Crippen LogP contribution in [0.2, 0.25) is 0 Å². The molecule has 4 nitrogen and oxygen atoms in total. The minimum absolute atomic E-state index is 0.316. The lowest BCUT2D eigenvalue weighted by Crippen LogP contribution is -1.93. The Morgan fingerprint density at radius 1 is 0.444 bits per heavy atom. The van der Waals surface area contributed by atoms with E-state index < -0.39 is 11.9 Å². The zero-order valence-corrected chi connectivity index (χ0v) is 18.1. The number of unbranched alkanes of at least 4 members (excludes halogenated alkanes) is 15. The smallest absolute Gasteiger partial charge is 0.303 e. The van der Waals surface area contributed by atoms with Gasteiger partial charge in [-0.3, -0.25) is 9.59 Å². The van der Waals surface area contributed by atoms with Crippen LogP contribution in [0.15, 0.2) is 0 Å². The molecule has 0 unspecified atom stereocenters. The quantitative estimate of drug-likeness (QED) is 0.224.